The average molecular weight is 568 g/mol. The van der Waals surface area contributed by atoms with Gasteiger partial charge in [0.2, 0.25) is 11.2 Å². The number of rotatable bonds is 7. The number of alkyl halides is 3. The van der Waals surface area contributed by atoms with Crippen molar-refractivity contribution in [2.45, 2.75) is 51.4 Å². The van der Waals surface area contributed by atoms with Crippen LogP contribution in [0.3, 0.4) is 0 Å². The smallest absolute Gasteiger partial charge is 0.453 e. The van der Waals surface area contributed by atoms with Crippen molar-refractivity contribution in [3.63, 3.8) is 0 Å². The molecule has 3 N–H and O–H groups in total. The molecule has 1 atom stereocenters. The molecule has 4 rings (SSSR count). The summed E-state index contributed by atoms with van der Waals surface area (Å²) in [7, 11) is 1.45. The van der Waals surface area contributed by atoms with Crippen LogP contribution < -0.4 is 14.9 Å². The highest BCUT2D eigenvalue weighted by Gasteiger charge is 2.41. The van der Waals surface area contributed by atoms with Gasteiger partial charge in [-0.25, -0.2) is 0 Å². The second-order valence-electron chi connectivity index (χ2n) is 9.08. The van der Waals surface area contributed by atoms with E-state index in [1.807, 2.05) is 6.92 Å². The van der Waals surface area contributed by atoms with Crippen molar-refractivity contribution >= 4 is 22.9 Å². The molecule has 0 aliphatic carbocycles. The minimum Gasteiger partial charge on any atom is -0.507 e. The summed E-state index contributed by atoms with van der Waals surface area (Å²) in [5.41, 5.74) is -1.10. The van der Waals surface area contributed by atoms with Crippen molar-refractivity contribution in [3.05, 3.63) is 57.9 Å². The van der Waals surface area contributed by atoms with Gasteiger partial charge in [-0.1, -0.05) is 6.42 Å². The zero-order chi connectivity index (χ0) is 29.6. The molecule has 0 radical (unpaired) electrons. The van der Waals surface area contributed by atoms with Gasteiger partial charge in [0.1, 0.15) is 29.3 Å². The highest BCUT2D eigenvalue weighted by Crippen LogP contribution is 2.40. The highest BCUT2D eigenvalue weighted by atomic mass is 19.4. The van der Waals surface area contributed by atoms with Crippen molar-refractivity contribution in [3.8, 4) is 23.0 Å². The molecule has 1 aliphatic heterocycles. The van der Waals surface area contributed by atoms with Crippen LogP contribution in [0.25, 0.3) is 11.0 Å². The maximum Gasteiger partial charge on any atom is 0.453 e. The Kier molecular flexibility index (Phi) is 9.64. The predicted molar refractivity (Wildman–Crippen MR) is 136 cm³/mol. The number of nitrogens with zero attached hydrogens (tertiary/aromatic N) is 1. The SMILES string of the molecule is COc1ccc(Oc2c(C(F)(F)F)oc3c(CN4CCCCC4C)c(O)ccc3c2=O)cc1.O=C(O)CC(=O)O. The van der Waals surface area contributed by atoms with Crippen LogP contribution in [-0.4, -0.2) is 51.9 Å². The monoisotopic (exact) mass is 567 g/mol. The maximum atomic E-state index is 13.9. The van der Waals surface area contributed by atoms with Gasteiger partial charge in [-0.15, -0.1) is 0 Å². The number of ether oxygens (including phenoxy) is 2. The number of carboxylic acid groups (broad SMARTS) is 2. The molecule has 1 aromatic heterocycles. The Morgan fingerprint density at radius 2 is 1.68 bits per heavy atom. The van der Waals surface area contributed by atoms with E-state index in [1.54, 1.807) is 0 Å². The Hall–Kier alpha value is -4.26. The van der Waals surface area contributed by atoms with Crippen LogP contribution in [0.1, 0.15) is 43.9 Å². The molecule has 0 amide bonds. The largest absolute Gasteiger partial charge is 0.507 e. The molecule has 2 heterocycles. The second kappa shape index (κ2) is 12.7. The van der Waals surface area contributed by atoms with Crippen LogP contribution in [0.15, 0.2) is 45.6 Å². The minimum atomic E-state index is -4.99. The van der Waals surface area contributed by atoms with Gasteiger partial charge in [0.05, 0.1) is 18.1 Å². The van der Waals surface area contributed by atoms with E-state index in [2.05, 4.69) is 4.90 Å². The van der Waals surface area contributed by atoms with E-state index in [-0.39, 0.29) is 40.6 Å². The Morgan fingerprint density at radius 1 is 1.05 bits per heavy atom. The fraction of sp³-hybridized carbons (Fsp3) is 0.370. The van der Waals surface area contributed by atoms with Crippen LogP contribution in [0, 0.1) is 0 Å². The van der Waals surface area contributed by atoms with Gasteiger partial charge in [0.25, 0.3) is 5.76 Å². The standard InChI is InChI=1S/C24H24F3NO5.C3H4O4/c1-14-5-3-4-12-28(14)13-18-19(29)11-10-17-20(30)22(23(24(25,26)27)33-21(17)18)32-16-8-6-15(31-2)7-9-16;4-2(5)1-3(6)7/h6-11,14,29H,3-5,12-13H2,1-2H3;1H2,(H,4,5)(H,6,7). The third kappa shape index (κ3) is 7.44. The number of aliphatic carboxylic acids is 2. The van der Waals surface area contributed by atoms with Gasteiger partial charge >= 0.3 is 18.1 Å². The average Bonchev–Trinajstić information content (AvgIpc) is 2.87. The molecule has 1 unspecified atom stereocenters. The van der Waals surface area contributed by atoms with Crippen molar-refractivity contribution in [1.29, 1.82) is 0 Å². The number of hydrogen-bond donors (Lipinski definition) is 3. The molecule has 1 fully saturated rings. The number of carboxylic acids is 2. The molecular formula is C27H28F3NO9. The van der Waals surface area contributed by atoms with Gasteiger partial charge in [-0.05, 0) is 62.7 Å². The zero-order valence-electron chi connectivity index (χ0n) is 21.7. The summed E-state index contributed by atoms with van der Waals surface area (Å²) in [6.45, 7) is 2.94. The number of fused-ring (bicyclic) bond motifs is 1. The molecule has 0 bridgehead atoms. The third-order valence-electron chi connectivity index (χ3n) is 6.24. The second-order valence-corrected chi connectivity index (χ2v) is 9.08. The molecule has 0 spiro atoms. The van der Waals surface area contributed by atoms with Crippen molar-refractivity contribution in [2.75, 3.05) is 13.7 Å². The Balaban J connectivity index is 0.000000559. The molecule has 3 aromatic rings. The zero-order valence-corrected chi connectivity index (χ0v) is 21.7. The summed E-state index contributed by atoms with van der Waals surface area (Å²) in [6, 6.07) is 8.53. The van der Waals surface area contributed by atoms with E-state index < -0.39 is 41.5 Å². The van der Waals surface area contributed by atoms with Crippen molar-refractivity contribution in [1.82, 2.24) is 4.90 Å². The van der Waals surface area contributed by atoms with Gasteiger partial charge in [-0.2, -0.15) is 13.2 Å². The highest BCUT2D eigenvalue weighted by molar-refractivity contribution is 5.88. The first-order valence-electron chi connectivity index (χ1n) is 12.2. The van der Waals surface area contributed by atoms with E-state index in [0.717, 1.165) is 25.8 Å². The van der Waals surface area contributed by atoms with Crippen LogP contribution in [0.2, 0.25) is 0 Å². The topological polar surface area (TPSA) is 147 Å². The van der Waals surface area contributed by atoms with Crippen LogP contribution in [0.5, 0.6) is 23.0 Å². The fourth-order valence-electron chi connectivity index (χ4n) is 4.21. The van der Waals surface area contributed by atoms with Crippen molar-refractivity contribution < 1.29 is 52.0 Å². The van der Waals surface area contributed by atoms with E-state index in [1.165, 1.54) is 43.5 Å². The first kappa shape index (κ1) is 30.3. The minimum absolute atomic E-state index is 0.0223. The quantitative estimate of drug-likeness (QED) is 0.324. The first-order valence-corrected chi connectivity index (χ1v) is 12.2. The van der Waals surface area contributed by atoms with Crippen LogP contribution in [-0.2, 0) is 22.3 Å². The molecule has 10 nitrogen and oxygen atoms in total. The number of carbonyl (C=O) groups is 2. The molecule has 0 saturated carbocycles. The molecular weight excluding hydrogens is 539 g/mol. The molecule has 216 valence electrons. The van der Waals surface area contributed by atoms with E-state index in [0.29, 0.717) is 5.75 Å². The summed E-state index contributed by atoms with van der Waals surface area (Å²) in [6.07, 6.45) is -2.83. The number of hydrogen-bond acceptors (Lipinski definition) is 8. The van der Waals surface area contributed by atoms with E-state index in [9.17, 15) is 32.7 Å². The van der Waals surface area contributed by atoms with E-state index >= 15 is 0 Å². The number of phenols is 1. The Labute approximate surface area is 226 Å². The van der Waals surface area contributed by atoms with Gasteiger partial charge < -0.3 is 29.2 Å². The lowest BCUT2D eigenvalue weighted by molar-refractivity contribution is -0.154. The predicted octanol–water partition coefficient (Wildman–Crippen LogP) is 5.24. The van der Waals surface area contributed by atoms with Gasteiger partial charge in [0, 0.05) is 12.6 Å². The summed E-state index contributed by atoms with van der Waals surface area (Å²) < 4.78 is 57.4. The number of benzene rings is 2. The van der Waals surface area contributed by atoms with Crippen LogP contribution >= 0.6 is 0 Å². The molecule has 13 heteroatoms. The molecule has 1 aliphatic rings. The molecule has 2 aromatic carbocycles. The maximum absolute atomic E-state index is 13.9. The van der Waals surface area contributed by atoms with Gasteiger partial charge in [-0.3, -0.25) is 19.3 Å². The first-order chi connectivity index (χ1) is 18.8. The normalized spacial score (nSPS) is 15.7. The third-order valence-corrected chi connectivity index (χ3v) is 6.24. The number of aromatic hydroxyl groups is 1. The van der Waals surface area contributed by atoms with E-state index in [4.69, 9.17) is 24.1 Å². The molecule has 1 saturated heterocycles. The Morgan fingerprint density at radius 3 is 2.20 bits per heavy atom. The number of phenolic OH excluding ortho intramolecular Hbond substituents is 1. The van der Waals surface area contributed by atoms with Crippen molar-refractivity contribution in [2.24, 2.45) is 0 Å². The lowest BCUT2D eigenvalue weighted by atomic mass is 10.0. The number of piperidine rings is 1. The number of likely N-dealkylation sites (tertiary alicyclic amines) is 1. The number of halogens is 3. The summed E-state index contributed by atoms with van der Waals surface area (Å²) in [4.78, 5) is 34.1. The summed E-state index contributed by atoms with van der Waals surface area (Å²) in [5.74, 6) is -4.84. The summed E-state index contributed by atoms with van der Waals surface area (Å²) in [5, 5.41) is 25.8. The number of methoxy groups -OCH3 is 1. The lowest BCUT2D eigenvalue weighted by Crippen LogP contribution is -2.36. The lowest BCUT2D eigenvalue weighted by Gasteiger charge is -2.33. The fourth-order valence-corrected chi connectivity index (χ4v) is 4.21. The summed E-state index contributed by atoms with van der Waals surface area (Å²) >= 11 is 0. The van der Waals surface area contributed by atoms with Gasteiger partial charge in [0.15, 0.2) is 0 Å². The van der Waals surface area contributed by atoms with Crippen LogP contribution in [0.4, 0.5) is 13.2 Å². The Bertz CT molecular complexity index is 1410. The molecule has 40 heavy (non-hydrogen) atoms.